The molecule has 0 amide bonds. The van der Waals surface area contributed by atoms with E-state index in [1.54, 1.807) is 0 Å². The number of hydrogen-bond donors (Lipinski definition) is 1. The van der Waals surface area contributed by atoms with Crippen LogP contribution in [0.3, 0.4) is 0 Å². The highest BCUT2D eigenvalue weighted by atomic mass is 79.9. The summed E-state index contributed by atoms with van der Waals surface area (Å²) in [6, 6.07) is 3.56. The van der Waals surface area contributed by atoms with Crippen molar-refractivity contribution in [2.75, 3.05) is 31.2 Å². The summed E-state index contributed by atoms with van der Waals surface area (Å²) in [6.45, 7) is 1.38. The first-order valence-corrected chi connectivity index (χ1v) is 6.55. The zero-order valence-corrected chi connectivity index (χ0v) is 11.5. The second kappa shape index (κ2) is 5.68. The van der Waals surface area contributed by atoms with Gasteiger partial charge in [0.05, 0.1) is 30.6 Å². The Bertz CT molecular complexity index is 453. The summed E-state index contributed by atoms with van der Waals surface area (Å²) in [7, 11) is 0. The van der Waals surface area contributed by atoms with Gasteiger partial charge in [0.1, 0.15) is 0 Å². The van der Waals surface area contributed by atoms with E-state index in [0.29, 0.717) is 29.9 Å². The highest BCUT2D eigenvalue weighted by Crippen LogP contribution is 2.35. The first kappa shape index (κ1) is 14.6. The van der Waals surface area contributed by atoms with E-state index in [2.05, 4.69) is 15.9 Å². The van der Waals surface area contributed by atoms with E-state index in [-0.39, 0.29) is 12.7 Å². The maximum atomic E-state index is 12.6. The van der Waals surface area contributed by atoms with Gasteiger partial charge >= 0.3 is 6.18 Å². The van der Waals surface area contributed by atoms with Gasteiger partial charge in [0, 0.05) is 17.6 Å². The summed E-state index contributed by atoms with van der Waals surface area (Å²) in [6.07, 6.45) is -4.65. The number of halogens is 4. The van der Waals surface area contributed by atoms with E-state index in [1.807, 2.05) is 4.90 Å². The van der Waals surface area contributed by atoms with Crippen LogP contribution in [0.5, 0.6) is 0 Å². The third-order valence-electron chi connectivity index (χ3n) is 2.96. The third-order valence-corrected chi connectivity index (χ3v) is 3.59. The predicted octanol–water partition coefficient (Wildman–Crippen LogP) is 2.67. The Balaban J connectivity index is 2.21. The third kappa shape index (κ3) is 3.40. The Morgan fingerprint density at radius 3 is 2.74 bits per heavy atom. The number of rotatable bonds is 2. The van der Waals surface area contributed by atoms with E-state index < -0.39 is 11.7 Å². The zero-order chi connectivity index (χ0) is 14.0. The molecule has 1 aromatic rings. The number of benzene rings is 1. The van der Waals surface area contributed by atoms with Crippen LogP contribution in [-0.4, -0.2) is 37.5 Å². The van der Waals surface area contributed by atoms with Crippen molar-refractivity contribution in [1.29, 1.82) is 0 Å². The molecule has 1 fully saturated rings. The normalized spacial score (nSPS) is 20.7. The van der Waals surface area contributed by atoms with Crippen molar-refractivity contribution in [3.63, 3.8) is 0 Å². The Labute approximate surface area is 117 Å². The maximum Gasteiger partial charge on any atom is 0.416 e. The average molecular weight is 340 g/mol. The van der Waals surface area contributed by atoms with E-state index in [1.165, 1.54) is 6.07 Å². The number of morpholine rings is 1. The number of aliphatic hydroxyl groups is 1. The topological polar surface area (TPSA) is 32.7 Å². The quantitative estimate of drug-likeness (QED) is 0.899. The van der Waals surface area contributed by atoms with Crippen LogP contribution < -0.4 is 4.90 Å². The molecule has 1 atom stereocenters. The Morgan fingerprint density at radius 1 is 1.42 bits per heavy atom. The van der Waals surface area contributed by atoms with Crippen LogP contribution in [-0.2, 0) is 10.9 Å². The van der Waals surface area contributed by atoms with E-state index in [4.69, 9.17) is 9.84 Å². The molecule has 0 radical (unpaired) electrons. The van der Waals surface area contributed by atoms with Crippen molar-refractivity contribution < 1.29 is 23.0 Å². The molecular weight excluding hydrogens is 327 g/mol. The highest BCUT2D eigenvalue weighted by molar-refractivity contribution is 9.10. The van der Waals surface area contributed by atoms with Crippen molar-refractivity contribution in [3.8, 4) is 0 Å². The summed E-state index contributed by atoms with van der Waals surface area (Å²) in [5.74, 6) is 0. The van der Waals surface area contributed by atoms with Gasteiger partial charge in [-0.25, -0.2) is 0 Å². The lowest BCUT2D eigenvalue weighted by Gasteiger charge is -2.34. The number of nitrogens with zero attached hydrogens (tertiary/aromatic N) is 1. The summed E-state index contributed by atoms with van der Waals surface area (Å²) in [5.41, 5.74) is -0.00940. The molecule has 19 heavy (non-hydrogen) atoms. The summed E-state index contributed by atoms with van der Waals surface area (Å²) < 4.78 is 43.4. The van der Waals surface area contributed by atoms with Gasteiger partial charge in [0.15, 0.2) is 0 Å². The molecule has 2 rings (SSSR count). The number of aliphatic hydroxyl groups excluding tert-OH is 1. The molecule has 1 saturated heterocycles. The lowest BCUT2D eigenvalue weighted by molar-refractivity contribution is -0.137. The molecule has 106 valence electrons. The van der Waals surface area contributed by atoms with Crippen LogP contribution in [0.25, 0.3) is 0 Å². The van der Waals surface area contributed by atoms with Crippen molar-refractivity contribution in [2.24, 2.45) is 0 Å². The van der Waals surface area contributed by atoms with Crippen molar-refractivity contribution in [3.05, 3.63) is 28.2 Å². The monoisotopic (exact) mass is 339 g/mol. The lowest BCUT2D eigenvalue weighted by atomic mass is 10.1. The van der Waals surface area contributed by atoms with Gasteiger partial charge < -0.3 is 14.7 Å². The minimum Gasteiger partial charge on any atom is -0.394 e. The number of anilines is 1. The van der Waals surface area contributed by atoms with Crippen molar-refractivity contribution in [2.45, 2.75) is 12.3 Å². The molecule has 3 nitrogen and oxygen atoms in total. The molecule has 7 heteroatoms. The summed E-state index contributed by atoms with van der Waals surface area (Å²) >= 11 is 3.17. The number of alkyl halides is 3. The second-order valence-corrected chi connectivity index (χ2v) is 5.14. The van der Waals surface area contributed by atoms with E-state index in [9.17, 15) is 13.2 Å². The smallest absolute Gasteiger partial charge is 0.394 e. The first-order chi connectivity index (χ1) is 8.91. The highest BCUT2D eigenvalue weighted by Gasteiger charge is 2.31. The van der Waals surface area contributed by atoms with Crippen molar-refractivity contribution in [1.82, 2.24) is 0 Å². The molecule has 1 aliphatic heterocycles. The van der Waals surface area contributed by atoms with Gasteiger partial charge in [0.25, 0.3) is 0 Å². The Kier molecular flexibility index (Phi) is 4.37. The molecule has 1 unspecified atom stereocenters. The molecule has 0 saturated carbocycles. The molecule has 0 aromatic heterocycles. The Morgan fingerprint density at radius 2 is 2.16 bits per heavy atom. The molecule has 1 aromatic carbocycles. The molecule has 0 spiro atoms. The van der Waals surface area contributed by atoms with Gasteiger partial charge in [-0.05, 0) is 34.1 Å². The predicted molar refractivity (Wildman–Crippen MR) is 68.2 cm³/mol. The number of hydrogen-bond acceptors (Lipinski definition) is 3. The van der Waals surface area contributed by atoms with Crippen LogP contribution in [0.1, 0.15) is 5.56 Å². The van der Waals surface area contributed by atoms with Gasteiger partial charge in [-0.2, -0.15) is 13.2 Å². The standard InChI is InChI=1S/C12H13BrF3NO2/c13-10-5-8(12(14,15)16)1-2-11(10)17-3-4-19-9(6-17)7-18/h1-2,5,9,18H,3-4,6-7H2. The molecule has 0 bridgehead atoms. The fourth-order valence-electron chi connectivity index (χ4n) is 1.99. The van der Waals surface area contributed by atoms with Gasteiger partial charge in [0.2, 0.25) is 0 Å². The average Bonchev–Trinajstić information content (AvgIpc) is 2.37. The molecule has 1 heterocycles. The van der Waals surface area contributed by atoms with Gasteiger partial charge in [-0.1, -0.05) is 0 Å². The fourth-order valence-corrected chi connectivity index (χ4v) is 2.62. The van der Waals surface area contributed by atoms with Gasteiger partial charge in [-0.3, -0.25) is 0 Å². The van der Waals surface area contributed by atoms with Crippen LogP contribution in [0.15, 0.2) is 22.7 Å². The molecule has 1 N–H and O–H groups in total. The summed E-state index contributed by atoms with van der Waals surface area (Å²) in [4.78, 5) is 1.90. The Hall–Kier alpha value is -0.790. The molecule has 0 aliphatic carbocycles. The fraction of sp³-hybridized carbons (Fsp3) is 0.500. The molecule has 1 aliphatic rings. The summed E-state index contributed by atoms with van der Waals surface area (Å²) in [5, 5.41) is 9.06. The van der Waals surface area contributed by atoms with Crippen LogP contribution in [0.4, 0.5) is 18.9 Å². The minimum absolute atomic E-state index is 0.102. The van der Waals surface area contributed by atoms with E-state index >= 15 is 0 Å². The maximum absolute atomic E-state index is 12.6. The SMILES string of the molecule is OCC1CN(c2ccc(C(F)(F)F)cc2Br)CCO1. The van der Waals surface area contributed by atoms with Crippen LogP contribution in [0.2, 0.25) is 0 Å². The first-order valence-electron chi connectivity index (χ1n) is 5.76. The minimum atomic E-state index is -4.35. The molecular formula is C12H13BrF3NO2. The van der Waals surface area contributed by atoms with Crippen molar-refractivity contribution >= 4 is 21.6 Å². The van der Waals surface area contributed by atoms with Crippen LogP contribution in [0, 0.1) is 0 Å². The zero-order valence-electron chi connectivity index (χ0n) is 9.95. The second-order valence-electron chi connectivity index (χ2n) is 4.29. The largest absolute Gasteiger partial charge is 0.416 e. The van der Waals surface area contributed by atoms with Gasteiger partial charge in [-0.15, -0.1) is 0 Å². The van der Waals surface area contributed by atoms with Crippen LogP contribution >= 0.6 is 15.9 Å². The number of ether oxygens (including phenoxy) is 1. The lowest BCUT2D eigenvalue weighted by Crippen LogP contribution is -2.44. The van der Waals surface area contributed by atoms with E-state index in [0.717, 1.165) is 12.1 Å².